The number of nitrogens with two attached hydrogens (primary N) is 1. The van der Waals surface area contributed by atoms with Crippen molar-refractivity contribution < 1.29 is 14.3 Å². The fraction of sp³-hybridized carbons (Fsp3) is 0.652. The molecule has 0 aromatic heterocycles. The van der Waals surface area contributed by atoms with Crippen LogP contribution in [0.5, 0.6) is 0 Å². The number of amides is 2. The summed E-state index contributed by atoms with van der Waals surface area (Å²) in [6.07, 6.45) is 2.23. The molecule has 1 aliphatic heterocycles. The number of carbonyl (C=O) groups is 2. The number of halogens is 1. The second kappa shape index (κ2) is 7.19. The highest BCUT2D eigenvalue weighted by atomic mass is 35.5. The number of piperidine rings is 1. The number of ether oxygens (including phenoxy) is 1. The molecule has 2 aliphatic rings. The van der Waals surface area contributed by atoms with Crippen molar-refractivity contribution in [2.75, 3.05) is 13.1 Å². The van der Waals surface area contributed by atoms with Crippen LogP contribution in [0.15, 0.2) is 12.1 Å². The van der Waals surface area contributed by atoms with Crippen molar-refractivity contribution in [3.8, 4) is 0 Å². The van der Waals surface area contributed by atoms with E-state index in [9.17, 15) is 9.59 Å². The maximum atomic E-state index is 12.5. The van der Waals surface area contributed by atoms with Gasteiger partial charge in [0.1, 0.15) is 5.60 Å². The molecule has 1 spiro atoms. The minimum Gasteiger partial charge on any atom is -0.444 e. The van der Waals surface area contributed by atoms with Gasteiger partial charge in [0.15, 0.2) is 0 Å². The summed E-state index contributed by atoms with van der Waals surface area (Å²) in [5, 5.41) is 0.746. The molecule has 6 heteroatoms. The van der Waals surface area contributed by atoms with Gasteiger partial charge in [-0.1, -0.05) is 31.5 Å². The molecule has 1 aromatic rings. The van der Waals surface area contributed by atoms with Gasteiger partial charge in [0.25, 0.3) is 0 Å². The fourth-order valence-electron chi connectivity index (χ4n) is 4.79. The van der Waals surface area contributed by atoms with Gasteiger partial charge >= 0.3 is 6.09 Å². The van der Waals surface area contributed by atoms with Crippen molar-refractivity contribution in [2.24, 2.45) is 11.1 Å². The molecule has 1 saturated heterocycles. The van der Waals surface area contributed by atoms with Gasteiger partial charge in [0.05, 0.1) is 5.41 Å². The first-order valence-corrected chi connectivity index (χ1v) is 10.7. The van der Waals surface area contributed by atoms with Gasteiger partial charge in [-0.3, -0.25) is 4.79 Å². The number of likely N-dealkylation sites (tertiary alicyclic amines) is 1. The number of primary amides is 1. The first-order chi connectivity index (χ1) is 13.3. The van der Waals surface area contributed by atoms with Crippen LogP contribution in [-0.2, 0) is 14.9 Å². The van der Waals surface area contributed by atoms with Crippen molar-refractivity contribution in [3.63, 3.8) is 0 Å². The number of nitrogens with zero attached hydrogens (tertiary/aromatic N) is 1. The summed E-state index contributed by atoms with van der Waals surface area (Å²) in [5.74, 6) is -0.247. The Morgan fingerprint density at radius 1 is 1.17 bits per heavy atom. The van der Waals surface area contributed by atoms with E-state index in [1.165, 1.54) is 11.1 Å². The van der Waals surface area contributed by atoms with Crippen molar-refractivity contribution in [2.45, 2.75) is 77.7 Å². The van der Waals surface area contributed by atoms with Crippen molar-refractivity contribution >= 4 is 23.6 Å². The molecule has 0 saturated carbocycles. The first-order valence-electron chi connectivity index (χ1n) is 10.4. The van der Waals surface area contributed by atoms with Crippen LogP contribution in [-0.4, -0.2) is 35.6 Å². The van der Waals surface area contributed by atoms with E-state index in [4.69, 9.17) is 22.1 Å². The highest BCUT2D eigenvalue weighted by Crippen LogP contribution is 2.57. The lowest BCUT2D eigenvalue weighted by atomic mass is 9.70. The fourth-order valence-corrected chi connectivity index (χ4v) is 4.96. The number of hydrogen-bond acceptors (Lipinski definition) is 3. The van der Waals surface area contributed by atoms with Crippen LogP contribution in [0, 0.1) is 12.3 Å². The predicted octanol–water partition coefficient (Wildman–Crippen LogP) is 4.92. The summed E-state index contributed by atoms with van der Waals surface area (Å²) >= 11 is 6.49. The van der Waals surface area contributed by atoms with E-state index in [0.29, 0.717) is 13.1 Å². The van der Waals surface area contributed by atoms with Crippen molar-refractivity contribution in [3.05, 3.63) is 33.8 Å². The van der Waals surface area contributed by atoms with Crippen LogP contribution < -0.4 is 5.73 Å². The molecule has 3 rings (SSSR count). The molecule has 29 heavy (non-hydrogen) atoms. The molecule has 1 atom stereocenters. The Morgan fingerprint density at radius 3 is 2.28 bits per heavy atom. The third kappa shape index (κ3) is 3.98. The smallest absolute Gasteiger partial charge is 0.410 e. The molecule has 5 nitrogen and oxygen atoms in total. The largest absolute Gasteiger partial charge is 0.444 e. The van der Waals surface area contributed by atoms with Crippen molar-refractivity contribution in [1.82, 2.24) is 4.90 Å². The van der Waals surface area contributed by atoms with E-state index < -0.39 is 11.0 Å². The Bertz CT molecular complexity index is 833. The summed E-state index contributed by atoms with van der Waals surface area (Å²) in [6, 6.07) is 4.20. The van der Waals surface area contributed by atoms with E-state index >= 15 is 0 Å². The molecule has 1 fully saturated rings. The number of carbonyl (C=O) groups excluding carboxylic acids is 2. The van der Waals surface area contributed by atoms with Crippen LogP contribution in [0.25, 0.3) is 0 Å². The van der Waals surface area contributed by atoms with Crippen LogP contribution in [0.1, 0.15) is 76.5 Å². The Labute approximate surface area is 178 Å². The molecule has 1 heterocycles. The van der Waals surface area contributed by atoms with Gasteiger partial charge in [0, 0.05) is 18.1 Å². The topological polar surface area (TPSA) is 72.6 Å². The maximum Gasteiger partial charge on any atom is 0.410 e. The SMILES string of the molecule is Cc1cc2c(cc1Cl)C1(CCN(C(=O)OC(C)(C)C)CC1)C[C@@H]2C(C)(C)C(N)=O. The highest BCUT2D eigenvalue weighted by Gasteiger charge is 2.52. The summed E-state index contributed by atoms with van der Waals surface area (Å²) in [4.78, 5) is 26.5. The van der Waals surface area contributed by atoms with Crippen LogP contribution in [0.4, 0.5) is 4.79 Å². The molecule has 0 bridgehead atoms. The Morgan fingerprint density at radius 2 is 1.76 bits per heavy atom. The average Bonchev–Trinajstić information content (AvgIpc) is 2.88. The lowest BCUT2D eigenvalue weighted by Crippen LogP contribution is -2.46. The third-order valence-electron chi connectivity index (χ3n) is 6.75. The number of rotatable bonds is 2. The monoisotopic (exact) mass is 420 g/mol. The van der Waals surface area contributed by atoms with Crippen molar-refractivity contribution in [1.29, 1.82) is 0 Å². The van der Waals surface area contributed by atoms with E-state index in [2.05, 4.69) is 12.1 Å². The molecule has 0 radical (unpaired) electrons. The normalized spacial score (nSPS) is 21.2. The highest BCUT2D eigenvalue weighted by molar-refractivity contribution is 6.31. The standard InChI is InChI=1S/C23H33ClN2O3/c1-14-11-15-16(12-18(14)24)23(13-17(15)22(5,6)19(25)27)7-9-26(10-8-23)20(28)29-21(2,3)4/h11-12,17H,7-10,13H2,1-6H3,(H2,25,27)/t17-/m0/s1. The Hall–Kier alpha value is -1.75. The zero-order valence-electron chi connectivity index (χ0n) is 18.4. The van der Waals surface area contributed by atoms with Gasteiger partial charge in [-0.05, 0) is 81.0 Å². The van der Waals surface area contributed by atoms with Gasteiger partial charge in [-0.2, -0.15) is 0 Å². The molecule has 0 unspecified atom stereocenters. The molecule has 160 valence electrons. The zero-order valence-corrected chi connectivity index (χ0v) is 19.2. The molecule has 1 aliphatic carbocycles. The first kappa shape index (κ1) is 21.9. The minimum absolute atomic E-state index is 0.0408. The Balaban J connectivity index is 1.91. The second-order valence-electron chi connectivity index (χ2n) is 10.3. The number of benzene rings is 1. The number of aryl methyl sites for hydroxylation is 1. The van der Waals surface area contributed by atoms with Crippen LogP contribution in [0.3, 0.4) is 0 Å². The molecular weight excluding hydrogens is 388 g/mol. The van der Waals surface area contributed by atoms with E-state index in [1.807, 2.05) is 41.5 Å². The summed E-state index contributed by atoms with van der Waals surface area (Å²) in [5.41, 5.74) is 7.94. The molecular formula is C23H33ClN2O3. The van der Waals surface area contributed by atoms with E-state index in [1.54, 1.807) is 4.90 Å². The van der Waals surface area contributed by atoms with Gasteiger partial charge in [0.2, 0.25) is 5.91 Å². The summed E-state index contributed by atoms with van der Waals surface area (Å²) < 4.78 is 5.54. The minimum atomic E-state index is -0.652. The quantitative estimate of drug-likeness (QED) is 0.738. The van der Waals surface area contributed by atoms with Gasteiger partial charge in [-0.15, -0.1) is 0 Å². The van der Waals surface area contributed by atoms with Gasteiger partial charge in [-0.25, -0.2) is 4.79 Å². The lowest BCUT2D eigenvalue weighted by Gasteiger charge is -2.41. The maximum absolute atomic E-state index is 12.5. The molecule has 1 aromatic carbocycles. The third-order valence-corrected chi connectivity index (χ3v) is 7.16. The Kier molecular flexibility index (Phi) is 5.44. The van der Waals surface area contributed by atoms with Crippen LogP contribution in [0.2, 0.25) is 5.02 Å². The predicted molar refractivity (Wildman–Crippen MR) is 115 cm³/mol. The van der Waals surface area contributed by atoms with Gasteiger partial charge < -0.3 is 15.4 Å². The second-order valence-corrected chi connectivity index (χ2v) is 10.7. The van der Waals surface area contributed by atoms with Crippen LogP contribution >= 0.6 is 11.6 Å². The summed E-state index contributed by atoms with van der Waals surface area (Å²) in [7, 11) is 0. The number of hydrogen-bond donors (Lipinski definition) is 1. The average molecular weight is 421 g/mol. The summed E-state index contributed by atoms with van der Waals surface area (Å²) in [6.45, 7) is 12.8. The number of fused-ring (bicyclic) bond motifs is 2. The van der Waals surface area contributed by atoms with E-state index in [0.717, 1.165) is 29.8 Å². The lowest BCUT2D eigenvalue weighted by molar-refractivity contribution is -0.127. The van der Waals surface area contributed by atoms with E-state index in [-0.39, 0.29) is 23.3 Å². The molecule has 2 amide bonds. The zero-order chi connectivity index (χ0) is 21.8. The molecule has 2 N–H and O–H groups in total.